The molecule has 1 aromatic heterocycles. The number of nitrogens with zero attached hydrogens (tertiary/aromatic N) is 1. The molecule has 0 aromatic carbocycles. The molecule has 0 spiro atoms. The molecule has 0 fully saturated rings. The van der Waals surface area contributed by atoms with Crippen LogP contribution in [0.25, 0.3) is 0 Å². The Morgan fingerprint density at radius 3 is 3.27 bits per heavy atom. The van der Waals surface area contributed by atoms with Crippen LogP contribution < -0.4 is 0 Å². The summed E-state index contributed by atoms with van der Waals surface area (Å²) >= 11 is 0. The topological polar surface area (TPSA) is 39.2 Å². The smallest absolute Gasteiger partial charge is 0.338 e. The van der Waals surface area contributed by atoms with Crippen molar-refractivity contribution in [2.45, 2.75) is 13.5 Å². The Hall–Kier alpha value is -1.38. The predicted molar refractivity (Wildman–Crippen MR) is 38.1 cm³/mol. The molecule has 0 unspecified atom stereocenters. The van der Waals surface area contributed by atoms with Gasteiger partial charge in [0.1, 0.15) is 6.61 Å². The molecule has 2 heterocycles. The highest BCUT2D eigenvalue weighted by Crippen LogP contribution is 2.18. The van der Waals surface area contributed by atoms with Crippen molar-refractivity contribution in [3.63, 3.8) is 0 Å². The van der Waals surface area contributed by atoms with Gasteiger partial charge in [-0.3, -0.25) is 4.98 Å². The normalized spacial score (nSPS) is 14.5. The van der Waals surface area contributed by atoms with Gasteiger partial charge in [0.15, 0.2) is 0 Å². The van der Waals surface area contributed by atoms with Crippen LogP contribution in [0.5, 0.6) is 0 Å². The Kier molecular flexibility index (Phi) is 1.18. The molecule has 1 aliphatic heterocycles. The SMILES string of the molecule is Cc1cc2c(cn1)COC2=O. The van der Waals surface area contributed by atoms with Crippen LogP contribution in [0.15, 0.2) is 12.3 Å². The summed E-state index contributed by atoms with van der Waals surface area (Å²) < 4.78 is 4.80. The zero-order valence-electron chi connectivity index (χ0n) is 6.13. The minimum atomic E-state index is -0.231. The third-order valence-corrected chi connectivity index (χ3v) is 1.70. The molecule has 0 saturated heterocycles. The van der Waals surface area contributed by atoms with Crippen LogP contribution in [-0.4, -0.2) is 11.0 Å². The van der Waals surface area contributed by atoms with E-state index in [0.717, 1.165) is 11.3 Å². The van der Waals surface area contributed by atoms with Crippen molar-refractivity contribution in [3.8, 4) is 0 Å². The lowest BCUT2D eigenvalue weighted by Crippen LogP contribution is -1.94. The fourth-order valence-corrected chi connectivity index (χ4v) is 1.11. The number of ether oxygens (including phenoxy) is 1. The van der Waals surface area contributed by atoms with Crippen molar-refractivity contribution in [1.29, 1.82) is 0 Å². The van der Waals surface area contributed by atoms with E-state index < -0.39 is 0 Å². The standard InChI is InChI=1S/C8H7NO2/c1-5-2-7-6(3-9-5)4-11-8(7)10/h2-3H,4H2,1H3. The number of esters is 1. The van der Waals surface area contributed by atoms with Crippen molar-refractivity contribution >= 4 is 5.97 Å². The molecule has 0 amide bonds. The van der Waals surface area contributed by atoms with E-state index >= 15 is 0 Å². The zero-order valence-corrected chi connectivity index (χ0v) is 6.13. The largest absolute Gasteiger partial charge is 0.457 e. The number of carbonyl (C=O) groups is 1. The summed E-state index contributed by atoms with van der Waals surface area (Å²) in [6.45, 7) is 2.23. The highest BCUT2D eigenvalue weighted by molar-refractivity contribution is 5.93. The Labute approximate surface area is 64.0 Å². The van der Waals surface area contributed by atoms with Gasteiger partial charge in [0.05, 0.1) is 5.56 Å². The number of carbonyl (C=O) groups excluding carboxylic acids is 1. The number of cyclic esters (lactones) is 1. The van der Waals surface area contributed by atoms with E-state index in [1.54, 1.807) is 12.3 Å². The van der Waals surface area contributed by atoms with Gasteiger partial charge in [-0.1, -0.05) is 0 Å². The molecule has 0 bridgehead atoms. The molecule has 0 atom stereocenters. The van der Waals surface area contributed by atoms with Gasteiger partial charge in [0, 0.05) is 17.5 Å². The summed E-state index contributed by atoms with van der Waals surface area (Å²) in [5, 5.41) is 0. The number of hydrogen-bond donors (Lipinski definition) is 0. The molecule has 3 nitrogen and oxygen atoms in total. The molecule has 0 radical (unpaired) electrons. The van der Waals surface area contributed by atoms with Crippen LogP contribution in [0, 0.1) is 6.92 Å². The Morgan fingerprint density at radius 1 is 1.64 bits per heavy atom. The van der Waals surface area contributed by atoms with Gasteiger partial charge < -0.3 is 4.74 Å². The monoisotopic (exact) mass is 149 g/mol. The third kappa shape index (κ3) is 0.888. The maximum absolute atomic E-state index is 11.0. The van der Waals surface area contributed by atoms with Crippen molar-refractivity contribution in [3.05, 3.63) is 29.1 Å². The van der Waals surface area contributed by atoms with Gasteiger partial charge in [-0.05, 0) is 13.0 Å². The van der Waals surface area contributed by atoms with Gasteiger partial charge in [0.25, 0.3) is 0 Å². The summed E-state index contributed by atoms with van der Waals surface area (Å²) in [5.74, 6) is -0.231. The maximum atomic E-state index is 11.0. The van der Waals surface area contributed by atoms with Gasteiger partial charge in [0.2, 0.25) is 0 Å². The second-order valence-electron chi connectivity index (χ2n) is 2.56. The fourth-order valence-electron chi connectivity index (χ4n) is 1.11. The Balaban J connectivity index is 2.60. The van der Waals surface area contributed by atoms with Crippen LogP contribution in [0.2, 0.25) is 0 Å². The summed E-state index contributed by atoms with van der Waals surface area (Å²) in [6.07, 6.45) is 1.69. The predicted octanol–water partition coefficient (Wildman–Crippen LogP) is 1.06. The van der Waals surface area contributed by atoms with E-state index in [9.17, 15) is 4.79 Å². The van der Waals surface area contributed by atoms with E-state index in [2.05, 4.69) is 4.98 Å². The van der Waals surface area contributed by atoms with Crippen molar-refractivity contribution in [1.82, 2.24) is 4.98 Å². The fraction of sp³-hybridized carbons (Fsp3) is 0.250. The number of fused-ring (bicyclic) bond motifs is 1. The summed E-state index contributed by atoms with van der Waals surface area (Å²) in [4.78, 5) is 15.0. The van der Waals surface area contributed by atoms with E-state index in [4.69, 9.17) is 4.74 Å². The molecular weight excluding hydrogens is 142 g/mol. The zero-order chi connectivity index (χ0) is 7.84. The minimum Gasteiger partial charge on any atom is -0.457 e. The highest BCUT2D eigenvalue weighted by Gasteiger charge is 2.20. The van der Waals surface area contributed by atoms with Gasteiger partial charge in [-0.2, -0.15) is 0 Å². The van der Waals surface area contributed by atoms with Gasteiger partial charge in [-0.15, -0.1) is 0 Å². The Bertz CT molecular complexity index is 320. The average Bonchev–Trinajstić information content (AvgIpc) is 2.33. The second-order valence-corrected chi connectivity index (χ2v) is 2.56. The molecular formula is C8H7NO2. The molecule has 1 aromatic rings. The van der Waals surface area contributed by atoms with Crippen LogP contribution >= 0.6 is 0 Å². The molecule has 0 aliphatic carbocycles. The number of hydrogen-bond acceptors (Lipinski definition) is 3. The van der Waals surface area contributed by atoms with Crippen LogP contribution in [0.1, 0.15) is 21.6 Å². The highest BCUT2D eigenvalue weighted by atomic mass is 16.5. The number of pyridine rings is 1. The molecule has 1 aliphatic rings. The molecule has 0 N–H and O–H groups in total. The van der Waals surface area contributed by atoms with Crippen molar-refractivity contribution in [2.24, 2.45) is 0 Å². The molecule has 11 heavy (non-hydrogen) atoms. The number of aromatic nitrogens is 1. The van der Waals surface area contributed by atoms with Crippen LogP contribution in [0.3, 0.4) is 0 Å². The molecule has 0 saturated carbocycles. The van der Waals surface area contributed by atoms with Crippen molar-refractivity contribution < 1.29 is 9.53 Å². The lowest BCUT2D eigenvalue weighted by molar-refractivity contribution is 0.0535. The molecule has 56 valence electrons. The van der Waals surface area contributed by atoms with Crippen molar-refractivity contribution in [2.75, 3.05) is 0 Å². The van der Waals surface area contributed by atoms with Gasteiger partial charge in [-0.25, -0.2) is 4.79 Å². The number of aryl methyl sites for hydroxylation is 1. The van der Waals surface area contributed by atoms with E-state index in [-0.39, 0.29) is 5.97 Å². The van der Waals surface area contributed by atoms with E-state index in [1.807, 2.05) is 6.92 Å². The quantitative estimate of drug-likeness (QED) is 0.518. The second kappa shape index (κ2) is 2.05. The lowest BCUT2D eigenvalue weighted by Gasteiger charge is -1.93. The van der Waals surface area contributed by atoms with Gasteiger partial charge >= 0.3 is 5.97 Å². The molecule has 3 heteroatoms. The summed E-state index contributed by atoms with van der Waals surface area (Å²) in [7, 11) is 0. The third-order valence-electron chi connectivity index (χ3n) is 1.70. The average molecular weight is 149 g/mol. The number of rotatable bonds is 0. The summed E-state index contributed by atoms with van der Waals surface area (Å²) in [5.41, 5.74) is 2.40. The Morgan fingerprint density at radius 2 is 2.45 bits per heavy atom. The molecule has 2 rings (SSSR count). The van der Waals surface area contributed by atoms with E-state index in [1.165, 1.54) is 0 Å². The van der Waals surface area contributed by atoms with Crippen LogP contribution in [-0.2, 0) is 11.3 Å². The van der Waals surface area contributed by atoms with Crippen LogP contribution in [0.4, 0.5) is 0 Å². The lowest BCUT2D eigenvalue weighted by atomic mass is 10.1. The first-order chi connectivity index (χ1) is 5.27. The minimum absolute atomic E-state index is 0.231. The van der Waals surface area contributed by atoms with E-state index in [0.29, 0.717) is 12.2 Å². The first-order valence-electron chi connectivity index (χ1n) is 3.40. The first kappa shape index (κ1) is 6.34. The summed E-state index contributed by atoms with van der Waals surface area (Å²) in [6, 6.07) is 1.75. The maximum Gasteiger partial charge on any atom is 0.338 e. The first-order valence-corrected chi connectivity index (χ1v) is 3.40.